The van der Waals surface area contributed by atoms with Gasteiger partial charge in [0.2, 0.25) is 5.91 Å². The molecule has 0 aliphatic carbocycles. The van der Waals surface area contributed by atoms with E-state index in [1.165, 1.54) is 0 Å². The van der Waals surface area contributed by atoms with Crippen molar-refractivity contribution in [3.63, 3.8) is 0 Å². The SMILES string of the molecule is O=C(CCc1cccc(Br)c1)Nc1ccc2[nH]ncc2c1. The van der Waals surface area contributed by atoms with Crippen LogP contribution in [0.1, 0.15) is 12.0 Å². The predicted molar refractivity (Wildman–Crippen MR) is 87.2 cm³/mol. The molecule has 4 nitrogen and oxygen atoms in total. The van der Waals surface area contributed by atoms with Gasteiger partial charge in [0.25, 0.3) is 0 Å². The van der Waals surface area contributed by atoms with Gasteiger partial charge in [0.05, 0.1) is 11.7 Å². The normalized spacial score (nSPS) is 10.7. The van der Waals surface area contributed by atoms with Crippen molar-refractivity contribution in [2.75, 3.05) is 5.32 Å². The summed E-state index contributed by atoms with van der Waals surface area (Å²) in [6.07, 6.45) is 2.92. The average molecular weight is 344 g/mol. The number of fused-ring (bicyclic) bond motifs is 1. The third kappa shape index (κ3) is 3.49. The van der Waals surface area contributed by atoms with Gasteiger partial charge >= 0.3 is 0 Å². The van der Waals surface area contributed by atoms with E-state index in [1.807, 2.05) is 42.5 Å². The van der Waals surface area contributed by atoms with E-state index in [2.05, 4.69) is 31.4 Å². The van der Waals surface area contributed by atoms with Crippen LogP contribution in [0.2, 0.25) is 0 Å². The quantitative estimate of drug-likeness (QED) is 0.754. The number of H-pyrrole nitrogens is 1. The first-order valence-corrected chi connectivity index (χ1v) is 7.47. The van der Waals surface area contributed by atoms with Gasteiger partial charge in [-0.3, -0.25) is 9.89 Å². The number of anilines is 1. The number of amides is 1. The summed E-state index contributed by atoms with van der Waals surface area (Å²) in [6, 6.07) is 13.7. The highest BCUT2D eigenvalue weighted by Crippen LogP contribution is 2.17. The summed E-state index contributed by atoms with van der Waals surface area (Å²) in [5.41, 5.74) is 2.90. The first-order chi connectivity index (χ1) is 10.2. The number of aryl methyl sites for hydroxylation is 1. The van der Waals surface area contributed by atoms with E-state index < -0.39 is 0 Å². The fraction of sp³-hybridized carbons (Fsp3) is 0.125. The number of nitrogens with zero attached hydrogens (tertiary/aromatic N) is 1. The van der Waals surface area contributed by atoms with Crippen LogP contribution >= 0.6 is 15.9 Å². The zero-order valence-electron chi connectivity index (χ0n) is 11.3. The molecule has 0 saturated carbocycles. The number of rotatable bonds is 4. The van der Waals surface area contributed by atoms with Crippen LogP contribution < -0.4 is 5.32 Å². The van der Waals surface area contributed by atoms with Gasteiger partial charge in [-0.15, -0.1) is 0 Å². The van der Waals surface area contributed by atoms with Gasteiger partial charge in [-0.1, -0.05) is 28.1 Å². The van der Waals surface area contributed by atoms with Gasteiger partial charge < -0.3 is 5.32 Å². The molecule has 1 amide bonds. The summed E-state index contributed by atoms with van der Waals surface area (Å²) < 4.78 is 1.03. The third-order valence-electron chi connectivity index (χ3n) is 3.25. The van der Waals surface area contributed by atoms with Gasteiger partial charge in [0.15, 0.2) is 0 Å². The monoisotopic (exact) mass is 343 g/mol. The number of carbonyl (C=O) groups is 1. The van der Waals surface area contributed by atoms with E-state index in [4.69, 9.17) is 0 Å². The molecule has 21 heavy (non-hydrogen) atoms. The standard InChI is InChI=1S/C16H14BrN3O/c17-13-3-1-2-11(8-13)4-7-16(21)19-14-5-6-15-12(9-14)10-18-20-15/h1-3,5-6,8-10H,4,7H2,(H,18,20)(H,19,21). The maximum Gasteiger partial charge on any atom is 0.224 e. The van der Waals surface area contributed by atoms with E-state index in [9.17, 15) is 4.79 Å². The van der Waals surface area contributed by atoms with Gasteiger partial charge in [0, 0.05) is 22.0 Å². The highest BCUT2D eigenvalue weighted by Gasteiger charge is 2.05. The van der Waals surface area contributed by atoms with Crippen LogP contribution in [0, 0.1) is 0 Å². The Labute approximate surface area is 130 Å². The van der Waals surface area contributed by atoms with Crippen LogP contribution in [0.15, 0.2) is 53.1 Å². The molecule has 1 heterocycles. The molecular weight excluding hydrogens is 330 g/mol. The molecule has 0 fully saturated rings. The fourth-order valence-corrected chi connectivity index (χ4v) is 2.64. The number of carbonyl (C=O) groups excluding carboxylic acids is 1. The maximum atomic E-state index is 12.0. The van der Waals surface area contributed by atoms with E-state index in [0.717, 1.165) is 33.0 Å². The molecule has 0 aliphatic rings. The minimum Gasteiger partial charge on any atom is -0.326 e. The van der Waals surface area contributed by atoms with E-state index in [-0.39, 0.29) is 5.91 Å². The highest BCUT2D eigenvalue weighted by atomic mass is 79.9. The van der Waals surface area contributed by atoms with Crippen molar-refractivity contribution in [1.29, 1.82) is 0 Å². The molecule has 0 saturated heterocycles. The summed E-state index contributed by atoms with van der Waals surface area (Å²) in [5.74, 6) is 0.0119. The molecule has 0 radical (unpaired) electrons. The van der Waals surface area contributed by atoms with Crippen LogP contribution in [0.4, 0.5) is 5.69 Å². The maximum absolute atomic E-state index is 12.0. The van der Waals surface area contributed by atoms with Crippen LogP contribution in [0.5, 0.6) is 0 Å². The van der Waals surface area contributed by atoms with E-state index in [0.29, 0.717) is 6.42 Å². The van der Waals surface area contributed by atoms with Gasteiger partial charge in [-0.05, 0) is 42.3 Å². The third-order valence-corrected chi connectivity index (χ3v) is 3.75. The molecule has 0 spiro atoms. The van der Waals surface area contributed by atoms with E-state index >= 15 is 0 Å². The van der Waals surface area contributed by atoms with Crippen molar-refractivity contribution in [2.24, 2.45) is 0 Å². The molecule has 5 heteroatoms. The second-order valence-electron chi connectivity index (χ2n) is 4.85. The Morgan fingerprint density at radius 2 is 2.14 bits per heavy atom. The number of hydrogen-bond acceptors (Lipinski definition) is 2. The lowest BCUT2D eigenvalue weighted by Crippen LogP contribution is -2.12. The molecule has 2 aromatic carbocycles. The summed E-state index contributed by atoms with van der Waals surface area (Å²) >= 11 is 3.43. The number of nitrogens with one attached hydrogen (secondary N) is 2. The molecule has 1 aromatic heterocycles. The largest absolute Gasteiger partial charge is 0.326 e. The van der Waals surface area contributed by atoms with Crippen molar-refractivity contribution >= 4 is 38.4 Å². The molecule has 3 rings (SSSR count). The second-order valence-corrected chi connectivity index (χ2v) is 5.77. The highest BCUT2D eigenvalue weighted by molar-refractivity contribution is 9.10. The average Bonchev–Trinajstić information content (AvgIpc) is 2.93. The smallest absolute Gasteiger partial charge is 0.224 e. The Morgan fingerprint density at radius 3 is 3.00 bits per heavy atom. The molecule has 0 unspecified atom stereocenters. The molecule has 0 atom stereocenters. The van der Waals surface area contributed by atoms with E-state index in [1.54, 1.807) is 6.20 Å². The lowest BCUT2D eigenvalue weighted by molar-refractivity contribution is -0.116. The second kappa shape index (κ2) is 6.10. The van der Waals surface area contributed by atoms with Crippen molar-refractivity contribution in [1.82, 2.24) is 10.2 Å². The zero-order chi connectivity index (χ0) is 14.7. The Kier molecular flexibility index (Phi) is 4.01. The van der Waals surface area contributed by atoms with Gasteiger partial charge in [-0.2, -0.15) is 5.10 Å². The minimum atomic E-state index is 0.0119. The number of benzene rings is 2. The van der Waals surface area contributed by atoms with Crippen LogP contribution in [0.3, 0.4) is 0 Å². The molecule has 2 N–H and O–H groups in total. The van der Waals surface area contributed by atoms with Gasteiger partial charge in [0.1, 0.15) is 0 Å². The molecule has 0 aliphatic heterocycles. The van der Waals surface area contributed by atoms with Gasteiger partial charge in [-0.25, -0.2) is 0 Å². The van der Waals surface area contributed by atoms with Crippen molar-refractivity contribution in [3.05, 3.63) is 58.7 Å². The first kappa shape index (κ1) is 13.8. The topological polar surface area (TPSA) is 57.8 Å². The Morgan fingerprint density at radius 1 is 1.24 bits per heavy atom. The van der Waals surface area contributed by atoms with Crippen LogP contribution in [0.25, 0.3) is 10.9 Å². The Hall–Kier alpha value is -2.14. The molecule has 3 aromatic rings. The predicted octanol–water partition coefficient (Wildman–Crippen LogP) is 3.90. The zero-order valence-corrected chi connectivity index (χ0v) is 12.9. The lowest BCUT2D eigenvalue weighted by Gasteiger charge is -2.06. The minimum absolute atomic E-state index is 0.0119. The molecule has 106 valence electrons. The number of aromatic amines is 1. The molecular formula is C16H14BrN3O. The summed E-state index contributed by atoms with van der Waals surface area (Å²) in [7, 11) is 0. The number of aromatic nitrogens is 2. The van der Waals surface area contributed by atoms with Crippen LogP contribution in [-0.4, -0.2) is 16.1 Å². The Balaban J connectivity index is 1.60. The van der Waals surface area contributed by atoms with Crippen molar-refractivity contribution in [3.8, 4) is 0 Å². The molecule has 0 bridgehead atoms. The summed E-state index contributed by atoms with van der Waals surface area (Å²) in [4.78, 5) is 12.0. The number of hydrogen-bond donors (Lipinski definition) is 2. The lowest BCUT2D eigenvalue weighted by atomic mass is 10.1. The summed E-state index contributed by atoms with van der Waals surface area (Å²) in [5, 5.41) is 10.8. The fourth-order valence-electron chi connectivity index (χ4n) is 2.19. The first-order valence-electron chi connectivity index (χ1n) is 6.68. The summed E-state index contributed by atoms with van der Waals surface area (Å²) in [6.45, 7) is 0. The Bertz CT molecular complexity index is 782. The van der Waals surface area contributed by atoms with Crippen molar-refractivity contribution in [2.45, 2.75) is 12.8 Å². The number of halogens is 1. The van der Waals surface area contributed by atoms with Crippen LogP contribution in [-0.2, 0) is 11.2 Å². The van der Waals surface area contributed by atoms with Crippen molar-refractivity contribution < 1.29 is 4.79 Å².